The van der Waals surface area contributed by atoms with Crippen molar-refractivity contribution in [3.05, 3.63) is 50.1 Å². The number of halogens is 5. The van der Waals surface area contributed by atoms with E-state index in [9.17, 15) is 22.7 Å². The summed E-state index contributed by atoms with van der Waals surface area (Å²) in [5.41, 5.74) is 0.150. The van der Waals surface area contributed by atoms with Crippen molar-refractivity contribution in [1.29, 1.82) is 0 Å². The van der Waals surface area contributed by atoms with Gasteiger partial charge in [-0.2, -0.15) is 13.2 Å². The number of rotatable bonds is 2. The number of nitrogens with zero attached hydrogens (tertiary/aromatic N) is 1. The maximum Gasteiger partial charge on any atom is 0.443 e. The lowest BCUT2D eigenvalue weighted by Gasteiger charge is -2.10. The number of benzene rings is 1. The number of aromatic nitrogens is 1. The molecule has 0 spiro atoms. The van der Waals surface area contributed by atoms with E-state index in [0.29, 0.717) is 15.8 Å². The molecular formula is C11H6BrF4NOS. The molecule has 1 atom stereocenters. The molecule has 1 N–H and O–H groups in total. The van der Waals surface area contributed by atoms with Crippen molar-refractivity contribution in [3.8, 4) is 0 Å². The first-order valence-electron chi connectivity index (χ1n) is 4.95. The molecule has 2 aromatic rings. The van der Waals surface area contributed by atoms with Gasteiger partial charge in [-0.1, -0.05) is 15.9 Å². The van der Waals surface area contributed by atoms with Crippen LogP contribution in [0, 0.1) is 5.82 Å². The molecule has 2 nitrogen and oxygen atoms in total. The van der Waals surface area contributed by atoms with Crippen LogP contribution < -0.4 is 0 Å². The molecule has 19 heavy (non-hydrogen) atoms. The van der Waals surface area contributed by atoms with Gasteiger partial charge in [0.1, 0.15) is 11.9 Å². The third-order valence-corrected chi connectivity index (χ3v) is 4.10. The first-order valence-corrected chi connectivity index (χ1v) is 6.56. The molecule has 0 bridgehead atoms. The fourth-order valence-corrected chi connectivity index (χ4v) is 2.67. The van der Waals surface area contributed by atoms with Gasteiger partial charge in [-0.15, -0.1) is 11.3 Å². The van der Waals surface area contributed by atoms with Crippen LogP contribution in [-0.2, 0) is 6.18 Å². The van der Waals surface area contributed by atoms with Crippen LogP contribution in [0.25, 0.3) is 0 Å². The summed E-state index contributed by atoms with van der Waals surface area (Å²) >= 11 is 3.44. The summed E-state index contributed by atoms with van der Waals surface area (Å²) in [6.45, 7) is 0. The summed E-state index contributed by atoms with van der Waals surface area (Å²) in [7, 11) is 0. The Kier molecular flexibility index (Phi) is 3.93. The van der Waals surface area contributed by atoms with Crippen molar-refractivity contribution in [2.75, 3.05) is 0 Å². The Morgan fingerprint density at radius 3 is 2.58 bits per heavy atom. The SMILES string of the molecule is OC(c1cnc(C(F)(F)F)s1)c1cc(F)ccc1Br. The van der Waals surface area contributed by atoms with Gasteiger partial charge in [0.05, 0.1) is 4.88 Å². The largest absolute Gasteiger partial charge is 0.443 e. The van der Waals surface area contributed by atoms with Gasteiger partial charge in [0.25, 0.3) is 0 Å². The van der Waals surface area contributed by atoms with Crippen LogP contribution in [0.3, 0.4) is 0 Å². The first kappa shape index (κ1) is 14.4. The van der Waals surface area contributed by atoms with E-state index in [-0.39, 0.29) is 10.4 Å². The molecule has 0 aliphatic rings. The van der Waals surface area contributed by atoms with Gasteiger partial charge in [0.2, 0.25) is 0 Å². The zero-order valence-corrected chi connectivity index (χ0v) is 11.5. The average molecular weight is 356 g/mol. The minimum atomic E-state index is -4.55. The van der Waals surface area contributed by atoms with Gasteiger partial charge in [0.15, 0.2) is 5.01 Å². The topological polar surface area (TPSA) is 33.1 Å². The highest BCUT2D eigenvalue weighted by Gasteiger charge is 2.35. The fraction of sp³-hybridized carbons (Fsp3) is 0.182. The molecule has 1 aromatic carbocycles. The van der Waals surface area contributed by atoms with E-state index in [1.54, 1.807) is 0 Å². The molecule has 0 fully saturated rings. The van der Waals surface area contributed by atoms with Crippen LogP contribution in [0.2, 0.25) is 0 Å². The molecule has 0 aliphatic heterocycles. The highest BCUT2D eigenvalue weighted by molar-refractivity contribution is 9.10. The van der Waals surface area contributed by atoms with Crippen LogP contribution in [0.1, 0.15) is 21.6 Å². The zero-order chi connectivity index (χ0) is 14.2. The van der Waals surface area contributed by atoms with Crippen LogP contribution >= 0.6 is 27.3 Å². The molecule has 1 heterocycles. The Morgan fingerprint density at radius 1 is 1.32 bits per heavy atom. The van der Waals surface area contributed by atoms with Gasteiger partial charge in [0, 0.05) is 16.2 Å². The summed E-state index contributed by atoms with van der Waals surface area (Å²) in [4.78, 5) is 3.21. The first-order chi connectivity index (χ1) is 8.79. The highest BCUT2D eigenvalue weighted by atomic mass is 79.9. The van der Waals surface area contributed by atoms with Crippen molar-refractivity contribution in [2.24, 2.45) is 0 Å². The van der Waals surface area contributed by atoms with Crippen molar-refractivity contribution in [1.82, 2.24) is 4.98 Å². The van der Waals surface area contributed by atoms with Crippen LogP contribution in [0.4, 0.5) is 17.6 Å². The molecule has 8 heteroatoms. The smallest absolute Gasteiger partial charge is 0.383 e. The molecule has 1 unspecified atom stereocenters. The molecule has 102 valence electrons. The van der Waals surface area contributed by atoms with E-state index in [2.05, 4.69) is 20.9 Å². The predicted octanol–water partition coefficient (Wildman–Crippen LogP) is 4.15. The van der Waals surface area contributed by atoms with E-state index in [1.807, 2.05) is 0 Å². The normalized spacial score (nSPS) is 13.6. The zero-order valence-electron chi connectivity index (χ0n) is 9.08. The molecule has 0 saturated heterocycles. The Balaban J connectivity index is 2.36. The van der Waals surface area contributed by atoms with E-state index < -0.39 is 23.1 Å². The Hall–Kier alpha value is -0.990. The number of thiazole rings is 1. The minimum absolute atomic E-state index is 0.00127. The number of aliphatic hydroxyl groups is 1. The number of hydrogen-bond donors (Lipinski definition) is 1. The Bertz CT molecular complexity index is 599. The van der Waals surface area contributed by atoms with E-state index >= 15 is 0 Å². The minimum Gasteiger partial charge on any atom is -0.383 e. The third kappa shape index (κ3) is 3.13. The van der Waals surface area contributed by atoms with Gasteiger partial charge in [-0.3, -0.25) is 0 Å². The Labute approximate surface area is 117 Å². The lowest BCUT2D eigenvalue weighted by Crippen LogP contribution is -2.03. The fourth-order valence-electron chi connectivity index (χ4n) is 1.42. The lowest BCUT2D eigenvalue weighted by atomic mass is 10.1. The predicted molar refractivity (Wildman–Crippen MR) is 65.3 cm³/mol. The third-order valence-electron chi connectivity index (χ3n) is 2.29. The summed E-state index contributed by atoms with van der Waals surface area (Å²) in [6, 6.07) is 3.61. The summed E-state index contributed by atoms with van der Waals surface area (Å²) in [6.07, 6.45) is -4.98. The molecule has 0 radical (unpaired) electrons. The Morgan fingerprint density at radius 2 is 2.00 bits per heavy atom. The van der Waals surface area contributed by atoms with Gasteiger partial charge in [-0.25, -0.2) is 9.37 Å². The molecule has 0 amide bonds. The standard InChI is InChI=1S/C11H6BrF4NOS/c12-7-2-1-5(13)3-6(7)9(18)8-4-17-10(19-8)11(14,15)16/h1-4,9,18H. The van der Waals surface area contributed by atoms with Crippen molar-refractivity contribution in [2.45, 2.75) is 12.3 Å². The molecule has 2 rings (SSSR count). The molecule has 0 saturated carbocycles. The number of hydrogen-bond acceptors (Lipinski definition) is 3. The van der Waals surface area contributed by atoms with E-state index in [1.165, 1.54) is 12.1 Å². The van der Waals surface area contributed by atoms with E-state index in [0.717, 1.165) is 12.3 Å². The van der Waals surface area contributed by atoms with Crippen LogP contribution in [-0.4, -0.2) is 10.1 Å². The maximum atomic E-state index is 13.1. The van der Waals surface area contributed by atoms with Crippen LogP contribution in [0.15, 0.2) is 28.9 Å². The van der Waals surface area contributed by atoms with Gasteiger partial charge in [-0.05, 0) is 18.2 Å². The van der Waals surface area contributed by atoms with Crippen molar-refractivity contribution < 1.29 is 22.7 Å². The van der Waals surface area contributed by atoms with Crippen molar-refractivity contribution >= 4 is 27.3 Å². The second-order valence-corrected chi connectivity index (χ2v) is 5.55. The lowest BCUT2D eigenvalue weighted by molar-refractivity contribution is -0.137. The summed E-state index contributed by atoms with van der Waals surface area (Å²) in [5.74, 6) is -0.585. The molecule has 0 aliphatic carbocycles. The van der Waals surface area contributed by atoms with Crippen molar-refractivity contribution in [3.63, 3.8) is 0 Å². The quantitative estimate of drug-likeness (QED) is 0.821. The van der Waals surface area contributed by atoms with Gasteiger partial charge < -0.3 is 5.11 Å². The second-order valence-electron chi connectivity index (χ2n) is 3.63. The van der Waals surface area contributed by atoms with Gasteiger partial charge >= 0.3 is 6.18 Å². The summed E-state index contributed by atoms with van der Waals surface area (Å²) < 4.78 is 50.7. The molecule has 1 aromatic heterocycles. The van der Waals surface area contributed by atoms with E-state index in [4.69, 9.17) is 0 Å². The highest BCUT2D eigenvalue weighted by Crippen LogP contribution is 2.37. The monoisotopic (exact) mass is 355 g/mol. The maximum absolute atomic E-state index is 13.1. The number of aliphatic hydroxyl groups excluding tert-OH is 1. The molecular weight excluding hydrogens is 350 g/mol. The summed E-state index contributed by atoms with van der Waals surface area (Å²) in [5, 5.41) is 8.94. The number of alkyl halides is 3. The average Bonchev–Trinajstić information content (AvgIpc) is 2.80. The van der Waals surface area contributed by atoms with Crippen LogP contribution in [0.5, 0.6) is 0 Å². The second kappa shape index (κ2) is 5.18.